The van der Waals surface area contributed by atoms with Crippen molar-refractivity contribution in [1.29, 1.82) is 0 Å². The highest BCUT2D eigenvalue weighted by molar-refractivity contribution is 5.24. The molecule has 1 saturated heterocycles. The van der Waals surface area contributed by atoms with Gasteiger partial charge < -0.3 is 4.42 Å². The molecule has 1 fully saturated rings. The minimum atomic E-state index is -4.30. The third-order valence-corrected chi connectivity index (χ3v) is 4.99. The van der Waals surface area contributed by atoms with Crippen LogP contribution in [-0.4, -0.2) is 28.2 Å². The van der Waals surface area contributed by atoms with E-state index in [1.807, 2.05) is 30.3 Å². The van der Waals surface area contributed by atoms with E-state index in [2.05, 4.69) is 15.1 Å². The van der Waals surface area contributed by atoms with Crippen molar-refractivity contribution in [3.63, 3.8) is 0 Å². The van der Waals surface area contributed by atoms with Crippen molar-refractivity contribution in [3.05, 3.63) is 83.1 Å². The molecule has 1 aliphatic heterocycles. The first-order valence-electron chi connectivity index (χ1n) is 9.22. The summed E-state index contributed by atoms with van der Waals surface area (Å²) in [4.78, 5) is 2.20. The van der Waals surface area contributed by atoms with Crippen molar-refractivity contribution in [1.82, 2.24) is 15.1 Å². The lowest BCUT2D eigenvalue weighted by atomic mass is 10.1. The third-order valence-electron chi connectivity index (χ3n) is 4.99. The van der Waals surface area contributed by atoms with E-state index >= 15 is 0 Å². The molecule has 0 radical (unpaired) electrons. The molecule has 3 aromatic rings. The zero-order valence-electron chi connectivity index (χ0n) is 15.2. The van der Waals surface area contributed by atoms with Crippen molar-refractivity contribution in [2.45, 2.75) is 31.5 Å². The predicted octanol–water partition coefficient (Wildman–Crippen LogP) is 4.67. The molecule has 1 aromatic heterocycles. The Bertz CT molecular complexity index is 907. The molecule has 4 nitrogen and oxygen atoms in total. The summed E-state index contributed by atoms with van der Waals surface area (Å²) in [6.07, 6.45) is -2.80. The number of hydrogen-bond acceptors (Lipinski definition) is 4. The van der Waals surface area contributed by atoms with Crippen LogP contribution < -0.4 is 0 Å². The molecule has 7 heteroatoms. The van der Waals surface area contributed by atoms with Crippen molar-refractivity contribution in [3.8, 4) is 0 Å². The Morgan fingerprint density at radius 1 is 0.964 bits per heavy atom. The lowest BCUT2D eigenvalue weighted by Gasteiger charge is -2.16. The lowest BCUT2D eigenvalue weighted by molar-refractivity contribution is -0.137. The minimum Gasteiger partial charge on any atom is -0.425 e. The predicted molar refractivity (Wildman–Crippen MR) is 97.6 cm³/mol. The van der Waals surface area contributed by atoms with E-state index in [0.29, 0.717) is 24.7 Å². The maximum absolute atomic E-state index is 12.7. The van der Waals surface area contributed by atoms with Crippen LogP contribution in [-0.2, 0) is 19.1 Å². The molecule has 0 saturated carbocycles. The summed E-state index contributed by atoms with van der Waals surface area (Å²) in [5, 5.41) is 8.36. The number of hydrogen-bond donors (Lipinski definition) is 0. The summed E-state index contributed by atoms with van der Waals surface area (Å²) in [6, 6.07) is 15.3. The molecule has 0 aliphatic carbocycles. The second-order valence-corrected chi connectivity index (χ2v) is 7.11. The maximum atomic E-state index is 12.7. The summed E-state index contributed by atoms with van der Waals surface area (Å²) in [7, 11) is 0. The van der Waals surface area contributed by atoms with E-state index in [4.69, 9.17) is 4.42 Å². The van der Waals surface area contributed by atoms with Crippen LogP contribution in [0.25, 0.3) is 0 Å². The molecule has 0 bridgehead atoms. The Labute approximate surface area is 161 Å². The van der Waals surface area contributed by atoms with E-state index in [1.165, 1.54) is 0 Å². The normalized spacial score (nSPS) is 17.9. The molecule has 0 N–H and O–H groups in total. The second-order valence-electron chi connectivity index (χ2n) is 7.11. The van der Waals surface area contributed by atoms with Gasteiger partial charge in [-0.2, -0.15) is 13.2 Å². The fourth-order valence-electron chi connectivity index (χ4n) is 3.51. The monoisotopic (exact) mass is 387 g/mol. The smallest absolute Gasteiger partial charge is 0.416 e. The summed E-state index contributed by atoms with van der Waals surface area (Å²) in [5.74, 6) is 1.40. The average molecular weight is 387 g/mol. The largest absolute Gasteiger partial charge is 0.425 e. The Kier molecular flexibility index (Phi) is 5.17. The third kappa shape index (κ3) is 4.42. The minimum absolute atomic E-state index is 0.159. The number of halogens is 3. The average Bonchev–Trinajstić information content (AvgIpc) is 3.32. The van der Waals surface area contributed by atoms with Crippen LogP contribution in [0.1, 0.15) is 40.8 Å². The van der Waals surface area contributed by atoms with Crippen LogP contribution in [0, 0.1) is 0 Å². The summed E-state index contributed by atoms with van der Waals surface area (Å²) in [5.41, 5.74) is 1.37. The summed E-state index contributed by atoms with van der Waals surface area (Å²) in [6.45, 7) is 2.22. The summed E-state index contributed by atoms with van der Waals surface area (Å²) >= 11 is 0. The molecule has 0 unspecified atom stereocenters. The van der Waals surface area contributed by atoms with Crippen LogP contribution in [0.5, 0.6) is 0 Å². The molecule has 1 atom stereocenters. The highest BCUT2D eigenvalue weighted by Crippen LogP contribution is 2.30. The number of likely N-dealkylation sites (tertiary alicyclic amines) is 1. The fraction of sp³-hybridized carbons (Fsp3) is 0.333. The van der Waals surface area contributed by atoms with Crippen molar-refractivity contribution in [2.24, 2.45) is 0 Å². The van der Waals surface area contributed by atoms with Gasteiger partial charge in [-0.3, -0.25) is 4.90 Å². The van der Waals surface area contributed by atoms with Crippen LogP contribution >= 0.6 is 0 Å². The highest BCUT2D eigenvalue weighted by Gasteiger charge is 2.31. The van der Waals surface area contributed by atoms with E-state index in [1.54, 1.807) is 12.1 Å². The Hall–Kier alpha value is -2.67. The first kappa shape index (κ1) is 18.7. The zero-order chi connectivity index (χ0) is 19.6. The van der Waals surface area contributed by atoms with Crippen LogP contribution in [0.4, 0.5) is 13.2 Å². The van der Waals surface area contributed by atoms with Crippen molar-refractivity contribution in [2.75, 3.05) is 13.1 Å². The number of alkyl halides is 3. The molecule has 2 heterocycles. The highest BCUT2D eigenvalue weighted by atomic mass is 19.4. The molecular formula is C21H20F3N3O. The first-order chi connectivity index (χ1) is 13.5. The number of rotatable bonds is 5. The van der Waals surface area contributed by atoms with Gasteiger partial charge in [0.05, 0.1) is 17.9 Å². The SMILES string of the molecule is FC(F)(F)c1ccc(CN2CC[C@H](c3nnc(Cc4ccccc4)o3)C2)cc1. The molecule has 4 rings (SSSR count). The molecular weight excluding hydrogens is 367 g/mol. The molecule has 28 heavy (non-hydrogen) atoms. The molecule has 2 aromatic carbocycles. The van der Waals surface area contributed by atoms with Crippen LogP contribution in [0.3, 0.4) is 0 Å². The second kappa shape index (κ2) is 7.75. The number of benzene rings is 2. The standard InChI is InChI=1S/C21H20F3N3O/c22-21(23,24)18-8-6-16(7-9-18)13-27-11-10-17(14-27)20-26-25-19(28-20)12-15-4-2-1-3-5-15/h1-9,17H,10-14H2/t17-/m0/s1. The van der Waals surface area contributed by atoms with Gasteiger partial charge in [-0.05, 0) is 36.2 Å². The van der Waals surface area contributed by atoms with Crippen LogP contribution in [0.2, 0.25) is 0 Å². The topological polar surface area (TPSA) is 42.2 Å². The van der Waals surface area contributed by atoms with Gasteiger partial charge in [0.25, 0.3) is 0 Å². The molecule has 0 amide bonds. The van der Waals surface area contributed by atoms with Gasteiger partial charge in [-0.25, -0.2) is 0 Å². The van der Waals surface area contributed by atoms with Crippen LogP contribution in [0.15, 0.2) is 59.0 Å². The van der Waals surface area contributed by atoms with Gasteiger partial charge in [-0.15, -0.1) is 10.2 Å². The van der Waals surface area contributed by atoms with E-state index in [0.717, 1.165) is 42.8 Å². The quantitative estimate of drug-likeness (QED) is 0.638. The number of nitrogens with zero attached hydrogens (tertiary/aromatic N) is 3. The van der Waals surface area contributed by atoms with Gasteiger partial charge in [0, 0.05) is 13.1 Å². The maximum Gasteiger partial charge on any atom is 0.416 e. The Balaban J connectivity index is 1.34. The van der Waals surface area contributed by atoms with Gasteiger partial charge in [0.15, 0.2) is 0 Å². The first-order valence-corrected chi connectivity index (χ1v) is 9.22. The van der Waals surface area contributed by atoms with Gasteiger partial charge in [0.1, 0.15) is 0 Å². The zero-order valence-corrected chi connectivity index (χ0v) is 15.2. The molecule has 1 aliphatic rings. The molecule has 146 valence electrons. The van der Waals surface area contributed by atoms with E-state index < -0.39 is 11.7 Å². The fourth-order valence-corrected chi connectivity index (χ4v) is 3.51. The van der Waals surface area contributed by atoms with Crippen molar-refractivity contribution >= 4 is 0 Å². The van der Waals surface area contributed by atoms with E-state index in [-0.39, 0.29) is 5.92 Å². The van der Waals surface area contributed by atoms with Gasteiger partial charge in [0.2, 0.25) is 11.8 Å². The van der Waals surface area contributed by atoms with Crippen molar-refractivity contribution < 1.29 is 17.6 Å². The number of aromatic nitrogens is 2. The van der Waals surface area contributed by atoms with E-state index in [9.17, 15) is 13.2 Å². The Morgan fingerprint density at radius 2 is 1.71 bits per heavy atom. The Morgan fingerprint density at radius 3 is 2.43 bits per heavy atom. The van der Waals surface area contributed by atoms with Gasteiger partial charge >= 0.3 is 6.18 Å². The summed E-state index contributed by atoms with van der Waals surface area (Å²) < 4.78 is 43.9. The van der Waals surface area contributed by atoms with Gasteiger partial charge in [-0.1, -0.05) is 42.5 Å². The molecule has 0 spiro atoms. The lowest BCUT2D eigenvalue weighted by Crippen LogP contribution is -2.20.